The second-order valence-corrected chi connectivity index (χ2v) is 10.4. The molecule has 0 atom stereocenters. The molecule has 204 valence electrons. The van der Waals surface area contributed by atoms with Gasteiger partial charge >= 0.3 is 46.9 Å². The summed E-state index contributed by atoms with van der Waals surface area (Å²) < 4.78 is 185. The van der Waals surface area contributed by atoms with Crippen molar-refractivity contribution >= 4 is 30.4 Å². The zero-order valence-corrected chi connectivity index (χ0v) is 18.9. The molecule has 2 aromatic carbocycles. The van der Waals surface area contributed by atoms with Crippen LogP contribution in [0.1, 0.15) is 0 Å². The van der Waals surface area contributed by atoms with Crippen molar-refractivity contribution in [2.75, 3.05) is 0 Å². The normalized spacial score (nSPS) is 13.4. The van der Waals surface area contributed by atoms with Crippen molar-refractivity contribution < 1.29 is 77.7 Å². The molecule has 0 saturated heterocycles. The molecule has 2 rings (SSSR count). The molecule has 0 radical (unpaired) electrons. The maximum Gasteiger partial charge on any atom is 0.534 e. The lowest BCUT2D eigenvalue weighted by Gasteiger charge is -2.15. The lowest BCUT2D eigenvalue weighted by molar-refractivity contribution is -0.0512. The third kappa shape index (κ3) is 8.13. The standard InChI is InChI=1S/C14H8F6O6S2.CHF3O3S/c15-13(16,17)27(21,22)25-10-6-7-12(26-28(23,24)14(18,19)20)11(8-10)9-4-2-1-3-5-9;2-1(3,4)8(5,6)7/h1-8H;(H,5,6,7). The highest BCUT2D eigenvalue weighted by Crippen LogP contribution is 2.38. The summed E-state index contributed by atoms with van der Waals surface area (Å²) in [6.45, 7) is 0. The molecule has 0 aliphatic heterocycles. The van der Waals surface area contributed by atoms with Gasteiger partial charge in [-0.15, -0.1) is 0 Å². The van der Waals surface area contributed by atoms with E-state index in [2.05, 4.69) is 8.37 Å². The number of halogens is 9. The van der Waals surface area contributed by atoms with Gasteiger partial charge < -0.3 is 8.37 Å². The van der Waals surface area contributed by atoms with Gasteiger partial charge in [-0.3, -0.25) is 4.55 Å². The Kier molecular flexibility index (Phi) is 8.94. The predicted molar refractivity (Wildman–Crippen MR) is 101 cm³/mol. The molecule has 9 nitrogen and oxygen atoms in total. The van der Waals surface area contributed by atoms with Crippen LogP contribution in [0.15, 0.2) is 48.5 Å². The summed E-state index contributed by atoms with van der Waals surface area (Å²) in [5, 5.41) is 0. The van der Waals surface area contributed by atoms with Crippen molar-refractivity contribution in [1.29, 1.82) is 0 Å². The minimum absolute atomic E-state index is 0.0183. The molecular formula is C15H9F9O9S3. The summed E-state index contributed by atoms with van der Waals surface area (Å²) in [6.07, 6.45) is 0. The number of benzene rings is 2. The van der Waals surface area contributed by atoms with E-state index in [0.29, 0.717) is 18.2 Å². The van der Waals surface area contributed by atoms with Gasteiger partial charge in [-0.2, -0.15) is 64.8 Å². The molecule has 0 aliphatic rings. The summed E-state index contributed by atoms with van der Waals surface area (Å²) in [7, 11) is -18.0. The first-order valence-corrected chi connectivity index (χ1v) is 12.4. The molecule has 0 amide bonds. The van der Waals surface area contributed by atoms with Crippen LogP contribution >= 0.6 is 0 Å². The van der Waals surface area contributed by atoms with E-state index in [-0.39, 0.29) is 5.56 Å². The number of alkyl halides is 9. The minimum Gasteiger partial charge on any atom is -0.376 e. The van der Waals surface area contributed by atoms with Crippen LogP contribution in [-0.4, -0.2) is 46.3 Å². The number of hydrogen-bond acceptors (Lipinski definition) is 8. The molecule has 21 heteroatoms. The fourth-order valence-electron chi connectivity index (χ4n) is 1.82. The van der Waals surface area contributed by atoms with E-state index in [9.17, 15) is 56.3 Å². The molecule has 0 unspecified atom stereocenters. The first kappa shape index (κ1) is 31.3. The van der Waals surface area contributed by atoms with E-state index < -0.39 is 63.9 Å². The van der Waals surface area contributed by atoms with Gasteiger partial charge in [-0.1, -0.05) is 30.3 Å². The monoisotopic (exact) mass is 600 g/mol. The Hall–Kier alpha value is -2.78. The van der Waals surface area contributed by atoms with Crippen LogP contribution in [0.25, 0.3) is 11.1 Å². The molecule has 0 spiro atoms. The minimum atomic E-state index is -6.09. The zero-order valence-electron chi connectivity index (χ0n) is 16.5. The van der Waals surface area contributed by atoms with E-state index in [1.165, 1.54) is 30.3 Å². The molecule has 2 aromatic rings. The largest absolute Gasteiger partial charge is 0.534 e. The van der Waals surface area contributed by atoms with Gasteiger partial charge in [-0.05, 0) is 23.8 Å². The molecule has 0 aliphatic carbocycles. The van der Waals surface area contributed by atoms with Crippen LogP contribution in [-0.2, 0) is 30.4 Å². The number of hydrogen-bond donors (Lipinski definition) is 1. The van der Waals surface area contributed by atoms with E-state index in [0.717, 1.165) is 0 Å². The van der Waals surface area contributed by atoms with Gasteiger partial charge in [0, 0.05) is 5.56 Å². The van der Waals surface area contributed by atoms with Crippen molar-refractivity contribution in [2.45, 2.75) is 16.5 Å². The van der Waals surface area contributed by atoms with Crippen LogP contribution in [0.2, 0.25) is 0 Å². The third-order valence-corrected chi connectivity index (χ3v) is 5.83. The highest BCUT2D eigenvalue weighted by Gasteiger charge is 2.50. The van der Waals surface area contributed by atoms with E-state index >= 15 is 0 Å². The van der Waals surface area contributed by atoms with Gasteiger partial charge in [0.15, 0.2) is 5.75 Å². The Balaban J connectivity index is 0.000000697. The van der Waals surface area contributed by atoms with Crippen LogP contribution < -0.4 is 8.37 Å². The first-order valence-electron chi connectivity index (χ1n) is 8.14. The van der Waals surface area contributed by atoms with Crippen LogP contribution in [0.3, 0.4) is 0 Å². The predicted octanol–water partition coefficient (Wildman–Crippen LogP) is 4.20. The Labute approximate surface area is 196 Å². The average Bonchev–Trinajstić information content (AvgIpc) is 2.66. The fraction of sp³-hybridized carbons (Fsp3) is 0.200. The molecule has 0 heterocycles. The van der Waals surface area contributed by atoms with Crippen molar-refractivity contribution in [3.05, 3.63) is 48.5 Å². The van der Waals surface area contributed by atoms with E-state index in [4.69, 9.17) is 13.0 Å². The molecule has 0 fully saturated rings. The third-order valence-electron chi connectivity index (χ3n) is 3.30. The molecular weight excluding hydrogens is 591 g/mol. The summed E-state index contributed by atoms with van der Waals surface area (Å²) in [5.41, 5.74) is -17.5. The summed E-state index contributed by atoms with van der Waals surface area (Å²) in [4.78, 5) is 0. The van der Waals surface area contributed by atoms with Crippen LogP contribution in [0.5, 0.6) is 11.5 Å². The van der Waals surface area contributed by atoms with Gasteiger partial charge in [0.1, 0.15) is 5.75 Å². The van der Waals surface area contributed by atoms with Gasteiger partial charge in [0.05, 0.1) is 0 Å². The number of rotatable bonds is 5. The second-order valence-electron chi connectivity index (χ2n) is 5.91. The summed E-state index contributed by atoms with van der Waals surface area (Å²) >= 11 is 0. The smallest absolute Gasteiger partial charge is 0.376 e. The van der Waals surface area contributed by atoms with E-state index in [1.807, 2.05) is 0 Å². The van der Waals surface area contributed by atoms with Crippen molar-refractivity contribution in [3.63, 3.8) is 0 Å². The molecule has 0 saturated carbocycles. The topological polar surface area (TPSA) is 141 Å². The first-order chi connectivity index (χ1) is 15.9. The Morgan fingerprint density at radius 2 is 1.03 bits per heavy atom. The second kappa shape index (κ2) is 10.3. The fourth-order valence-corrected chi connectivity index (χ4v) is 2.74. The summed E-state index contributed by atoms with van der Waals surface area (Å²) in [6, 6.07) is 8.44. The maximum absolute atomic E-state index is 12.5. The van der Waals surface area contributed by atoms with Gasteiger partial charge in [-0.25, -0.2) is 0 Å². The van der Waals surface area contributed by atoms with Crippen molar-refractivity contribution in [1.82, 2.24) is 0 Å². The quantitative estimate of drug-likeness (QED) is 0.231. The van der Waals surface area contributed by atoms with Gasteiger partial charge in [0.25, 0.3) is 0 Å². The highest BCUT2D eigenvalue weighted by atomic mass is 32.2. The Bertz CT molecular complexity index is 1380. The van der Waals surface area contributed by atoms with Crippen LogP contribution in [0, 0.1) is 0 Å². The van der Waals surface area contributed by atoms with Crippen molar-refractivity contribution in [3.8, 4) is 22.6 Å². The van der Waals surface area contributed by atoms with E-state index in [1.54, 1.807) is 0 Å². The molecule has 0 aromatic heterocycles. The summed E-state index contributed by atoms with van der Waals surface area (Å²) in [5.74, 6) is -1.83. The molecule has 0 bridgehead atoms. The Morgan fingerprint density at radius 3 is 1.42 bits per heavy atom. The Morgan fingerprint density at radius 1 is 0.611 bits per heavy atom. The highest BCUT2D eigenvalue weighted by molar-refractivity contribution is 7.88. The molecule has 1 N–H and O–H groups in total. The van der Waals surface area contributed by atoms with Gasteiger partial charge in [0.2, 0.25) is 0 Å². The average molecular weight is 600 g/mol. The van der Waals surface area contributed by atoms with Crippen LogP contribution in [0.4, 0.5) is 39.5 Å². The lowest BCUT2D eigenvalue weighted by atomic mass is 10.0. The zero-order chi connectivity index (χ0) is 28.4. The SMILES string of the molecule is O=S(=O)(O)C(F)(F)F.O=S(=O)(Oc1ccc(OS(=O)(=O)C(F)(F)F)c(-c2ccccc2)c1)C(F)(F)F. The maximum atomic E-state index is 12.5. The molecule has 36 heavy (non-hydrogen) atoms. The lowest BCUT2D eigenvalue weighted by Crippen LogP contribution is -2.28. The van der Waals surface area contributed by atoms with Crippen molar-refractivity contribution in [2.24, 2.45) is 0 Å².